The molecule has 0 amide bonds. The standard InChI is InChI=1S/C20H20N4O2S/c1-12-10-21-17(22-12)14-6-5-8-24-16(19(25)26-20(2,3)4)15(23-18(14)24)13-7-9-27-11-13/h5-11H,1-4H3,(H,21,22). The van der Waals surface area contributed by atoms with E-state index in [1.54, 1.807) is 21.9 Å². The highest BCUT2D eigenvalue weighted by Gasteiger charge is 2.27. The summed E-state index contributed by atoms with van der Waals surface area (Å²) in [6.07, 6.45) is 3.60. The number of fused-ring (bicyclic) bond motifs is 1. The molecule has 0 spiro atoms. The van der Waals surface area contributed by atoms with Crippen LogP contribution in [-0.4, -0.2) is 30.9 Å². The topological polar surface area (TPSA) is 72.3 Å². The number of carbonyl (C=O) groups is 1. The summed E-state index contributed by atoms with van der Waals surface area (Å²) in [4.78, 5) is 25.5. The van der Waals surface area contributed by atoms with Crippen LogP contribution in [-0.2, 0) is 4.74 Å². The number of ether oxygens (including phenoxy) is 1. The Hall–Kier alpha value is -2.93. The van der Waals surface area contributed by atoms with Gasteiger partial charge in [0.15, 0.2) is 5.69 Å². The molecule has 0 saturated carbocycles. The van der Waals surface area contributed by atoms with Crippen LogP contribution in [0.5, 0.6) is 0 Å². The number of aromatic nitrogens is 4. The lowest BCUT2D eigenvalue weighted by molar-refractivity contribution is 0.00627. The SMILES string of the molecule is Cc1cnc(-c2cccn3c(C(=O)OC(C)(C)C)c(-c4ccsc4)nc23)[nH]1. The predicted molar refractivity (Wildman–Crippen MR) is 106 cm³/mol. The van der Waals surface area contributed by atoms with Gasteiger partial charge in [-0.15, -0.1) is 0 Å². The molecule has 0 atom stereocenters. The minimum absolute atomic E-state index is 0.399. The highest BCUT2D eigenvalue weighted by molar-refractivity contribution is 7.08. The predicted octanol–water partition coefficient (Wildman–Crippen LogP) is 4.72. The third kappa shape index (κ3) is 3.26. The van der Waals surface area contributed by atoms with E-state index >= 15 is 0 Å². The third-order valence-corrected chi connectivity index (χ3v) is 4.68. The van der Waals surface area contributed by atoms with Gasteiger partial charge < -0.3 is 9.72 Å². The van der Waals surface area contributed by atoms with E-state index in [0.29, 0.717) is 17.0 Å². The van der Waals surface area contributed by atoms with Crippen molar-refractivity contribution in [1.29, 1.82) is 0 Å². The van der Waals surface area contributed by atoms with E-state index in [2.05, 4.69) is 9.97 Å². The molecular formula is C20H20N4O2S. The van der Waals surface area contributed by atoms with E-state index in [-0.39, 0.29) is 0 Å². The second-order valence-corrected chi connectivity index (χ2v) is 8.13. The fourth-order valence-electron chi connectivity index (χ4n) is 2.92. The zero-order valence-corrected chi connectivity index (χ0v) is 16.4. The molecule has 0 aliphatic heterocycles. The number of rotatable bonds is 3. The first-order valence-electron chi connectivity index (χ1n) is 8.62. The number of carbonyl (C=O) groups excluding carboxylic acids is 1. The van der Waals surface area contributed by atoms with Crippen LogP contribution < -0.4 is 0 Å². The molecule has 0 saturated heterocycles. The van der Waals surface area contributed by atoms with Gasteiger partial charge in [0.2, 0.25) is 0 Å². The maximum absolute atomic E-state index is 13.0. The summed E-state index contributed by atoms with van der Waals surface area (Å²) in [6.45, 7) is 7.52. The molecule has 0 aliphatic rings. The maximum Gasteiger partial charge on any atom is 0.358 e. The minimum Gasteiger partial charge on any atom is -0.455 e. The molecule has 4 heterocycles. The zero-order valence-electron chi connectivity index (χ0n) is 15.6. The summed E-state index contributed by atoms with van der Waals surface area (Å²) >= 11 is 1.56. The molecule has 138 valence electrons. The minimum atomic E-state index is -0.594. The summed E-state index contributed by atoms with van der Waals surface area (Å²) < 4.78 is 7.44. The van der Waals surface area contributed by atoms with Crippen molar-refractivity contribution in [3.63, 3.8) is 0 Å². The molecule has 4 aromatic rings. The van der Waals surface area contributed by atoms with Crippen molar-refractivity contribution in [2.75, 3.05) is 0 Å². The van der Waals surface area contributed by atoms with E-state index in [1.165, 1.54) is 0 Å². The molecule has 0 fully saturated rings. The quantitative estimate of drug-likeness (QED) is 0.522. The number of pyridine rings is 1. The number of hydrogen-bond acceptors (Lipinski definition) is 5. The van der Waals surface area contributed by atoms with E-state index < -0.39 is 11.6 Å². The highest BCUT2D eigenvalue weighted by atomic mass is 32.1. The van der Waals surface area contributed by atoms with E-state index in [1.807, 2.05) is 62.9 Å². The largest absolute Gasteiger partial charge is 0.455 e. The molecule has 4 rings (SSSR count). The highest BCUT2D eigenvalue weighted by Crippen LogP contribution is 2.31. The Bertz CT molecular complexity index is 1120. The summed E-state index contributed by atoms with van der Waals surface area (Å²) in [6, 6.07) is 5.78. The van der Waals surface area contributed by atoms with E-state index in [9.17, 15) is 4.79 Å². The van der Waals surface area contributed by atoms with Crippen molar-refractivity contribution in [3.05, 3.63) is 52.7 Å². The Morgan fingerprint density at radius 1 is 1.30 bits per heavy atom. The van der Waals surface area contributed by atoms with Crippen LogP contribution in [0.3, 0.4) is 0 Å². The fourth-order valence-corrected chi connectivity index (χ4v) is 3.56. The Balaban J connectivity index is 1.97. The van der Waals surface area contributed by atoms with Gasteiger partial charge in [-0.3, -0.25) is 4.40 Å². The van der Waals surface area contributed by atoms with Gasteiger partial charge in [0.25, 0.3) is 0 Å². The summed E-state index contributed by atoms with van der Waals surface area (Å²) in [5.41, 5.74) is 3.79. The van der Waals surface area contributed by atoms with Crippen molar-refractivity contribution in [2.45, 2.75) is 33.3 Å². The van der Waals surface area contributed by atoms with Gasteiger partial charge in [0.1, 0.15) is 22.8 Å². The maximum atomic E-state index is 13.0. The molecule has 27 heavy (non-hydrogen) atoms. The molecule has 0 aromatic carbocycles. The van der Waals surface area contributed by atoms with Crippen molar-refractivity contribution < 1.29 is 9.53 Å². The van der Waals surface area contributed by atoms with Gasteiger partial charge in [0.05, 0.1) is 5.56 Å². The number of thiophene rings is 1. The van der Waals surface area contributed by atoms with Gasteiger partial charge in [0, 0.05) is 29.0 Å². The Labute approximate surface area is 160 Å². The van der Waals surface area contributed by atoms with Crippen LogP contribution in [0, 0.1) is 6.92 Å². The molecule has 7 heteroatoms. The molecule has 0 bridgehead atoms. The van der Waals surface area contributed by atoms with Crippen LogP contribution in [0.25, 0.3) is 28.3 Å². The van der Waals surface area contributed by atoms with Crippen LogP contribution in [0.4, 0.5) is 0 Å². The molecule has 0 aliphatic carbocycles. The van der Waals surface area contributed by atoms with Crippen LogP contribution in [0.2, 0.25) is 0 Å². The first-order chi connectivity index (χ1) is 12.8. The first kappa shape index (κ1) is 17.5. The smallest absolute Gasteiger partial charge is 0.358 e. The van der Waals surface area contributed by atoms with Crippen molar-refractivity contribution in [2.24, 2.45) is 0 Å². The van der Waals surface area contributed by atoms with Crippen molar-refractivity contribution in [1.82, 2.24) is 19.4 Å². The van der Waals surface area contributed by atoms with E-state index in [0.717, 1.165) is 22.6 Å². The number of nitrogens with zero attached hydrogens (tertiary/aromatic N) is 3. The molecule has 0 radical (unpaired) electrons. The van der Waals surface area contributed by atoms with Gasteiger partial charge in [-0.2, -0.15) is 11.3 Å². The number of aromatic amines is 1. The van der Waals surface area contributed by atoms with Crippen LogP contribution >= 0.6 is 11.3 Å². The zero-order chi connectivity index (χ0) is 19.2. The fraction of sp³-hybridized carbons (Fsp3) is 0.250. The van der Waals surface area contributed by atoms with Gasteiger partial charge in [-0.1, -0.05) is 0 Å². The number of H-pyrrole nitrogens is 1. The average Bonchev–Trinajstić information content (AvgIpc) is 3.31. The van der Waals surface area contributed by atoms with Gasteiger partial charge in [-0.25, -0.2) is 14.8 Å². The first-order valence-corrected chi connectivity index (χ1v) is 9.57. The number of imidazole rings is 2. The Morgan fingerprint density at radius 3 is 2.74 bits per heavy atom. The number of aryl methyl sites for hydroxylation is 1. The Kier molecular flexibility index (Phi) is 4.11. The summed E-state index contributed by atoms with van der Waals surface area (Å²) in [5, 5.41) is 3.95. The molecule has 6 nitrogen and oxygen atoms in total. The average molecular weight is 380 g/mol. The lowest BCUT2D eigenvalue weighted by Gasteiger charge is -2.19. The van der Waals surface area contributed by atoms with Gasteiger partial charge in [-0.05, 0) is 51.3 Å². The lowest BCUT2D eigenvalue weighted by atomic mass is 10.1. The molecule has 4 aromatic heterocycles. The van der Waals surface area contributed by atoms with Crippen LogP contribution in [0.1, 0.15) is 37.0 Å². The number of esters is 1. The monoisotopic (exact) mass is 380 g/mol. The second-order valence-electron chi connectivity index (χ2n) is 7.35. The molecular weight excluding hydrogens is 360 g/mol. The lowest BCUT2D eigenvalue weighted by Crippen LogP contribution is -2.25. The second kappa shape index (κ2) is 6.35. The Morgan fingerprint density at radius 2 is 2.11 bits per heavy atom. The number of nitrogens with one attached hydrogen (secondary N) is 1. The van der Waals surface area contributed by atoms with Gasteiger partial charge >= 0.3 is 5.97 Å². The van der Waals surface area contributed by atoms with Crippen molar-refractivity contribution >= 4 is 23.0 Å². The summed E-state index contributed by atoms with van der Waals surface area (Å²) in [5.74, 6) is 0.319. The normalized spacial score (nSPS) is 11.9. The summed E-state index contributed by atoms with van der Waals surface area (Å²) in [7, 11) is 0. The number of hydrogen-bond donors (Lipinski definition) is 1. The third-order valence-electron chi connectivity index (χ3n) is 3.99. The van der Waals surface area contributed by atoms with E-state index in [4.69, 9.17) is 9.72 Å². The molecule has 0 unspecified atom stereocenters. The molecule has 1 N–H and O–H groups in total. The van der Waals surface area contributed by atoms with Crippen molar-refractivity contribution in [3.8, 4) is 22.6 Å². The van der Waals surface area contributed by atoms with Crippen LogP contribution in [0.15, 0.2) is 41.4 Å².